The molecule has 3 heteroatoms. The molecule has 0 aliphatic rings. The van der Waals surface area contributed by atoms with Crippen molar-refractivity contribution in [2.45, 2.75) is 25.9 Å². The molecule has 0 amide bonds. The number of hydrogen-bond acceptors (Lipinski definition) is 1. The van der Waals surface area contributed by atoms with Crippen LogP contribution >= 0.6 is 0 Å². The van der Waals surface area contributed by atoms with Gasteiger partial charge in [0, 0.05) is 5.56 Å². The first-order valence-corrected chi connectivity index (χ1v) is 4.52. The molecule has 1 atom stereocenters. The molecule has 1 rings (SSSR count). The number of benzene rings is 1. The highest BCUT2D eigenvalue weighted by atomic mass is 19.3. The summed E-state index contributed by atoms with van der Waals surface area (Å²) in [5.74, 6) is 4.68. The van der Waals surface area contributed by atoms with Crippen LogP contribution in [0.3, 0.4) is 0 Å². The highest BCUT2D eigenvalue weighted by Crippen LogP contribution is 2.13. The van der Waals surface area contributed by atoms with Crippen LogP contribution in [-0.2, 0) is 0 Å². The Labute approximate surface area is 87.7 Å². The third-order valence-electron chi connectivity index (χ3n) is 1.90. The van der Waals surface area contributed by atoms with Gasteiger partial charge in [0.2, 0.25) is 0 Å². The molecular weight excluding hydrogens is 198 g/mol. The van der Waals surface area contributed by atoms with Crippen LogP contribution in [0.4, 0.5) is 8.78 Å². The number of halogens is 2. The molecule has 0 saturated carbocycles. The molecule has 80 valence electrons. The summed E-state index contributed by atoms with van der Waals surface area (Å²) in [5, 5.41) is 9.20. The van der Waals surface area contributed by atoms with Crippen LogP contribution in [0.1, 0.15) is 18.1 Å². The summed E-state index contributed by atoms with van der Waals surface area (Å²) in [6.45, 7) is 2.89. The van der Waals surface area contributed by atoms with Crippen molar-refractivity contribution in [1.29, 1.82) is 0 Å². The third-order valence-corrected chi connectivity index (χ3v) is 1.90. The van der Waals surface area contributed by atoms with Crippen molar-refractivity contribution >= 4 is 0 Å². The molecule has 1 N–H and O–H groups in total. The number of aliphatic hydroxyl groups is 1. The van der Waals surface area contributed by atoms with Crippen molar-refractivity contribution in [2.75, 3.05) is 0 Å². The van der Waals surface area contributed by atoms with Crippen molar-refractivity contribution in [1.82, 2.24) is 0 Å². The van der Waals surface area contributed by atoms with Crippen molar-refractivity contribution in [3.8, 4) is 11.8 Å². The molecule has 0 aromatic heterocycles. The number of hydrogen-bond donors (Lipinski definition) is 1. The fraction of sp³-hybridized carbons (Fsp3) is 0.333. The molecule has 0 spiro atoms. The number of alkyl halides is 2. The van der Waals surface area contributed by atoms with E-state index in [2.05, 4.69) is 11.8 Å². The lowest BCUT2D eigenvalue weighted by Crippen LogP contribution is -2.31. The number of aryl methyl sites for hydroxylation is 1. The van der Waals surface area contributed by atoms with E-state index in [1.54, 1.807) is 18.2 Å². The van der Waals surface area contributed by atoms with E-state index in [-0.39, 0.29) is 0 Å². The minimum absolute atomic E-state index is 0.621. The van der Waals surface area contributed by atoms with Gasteiger partial charge < -0.3 is 5.11 Å². The number of rotatable bonds is 1. The molecule has 0 aliphatic heterocycles. The van der Waals surface area contributed by atoms with Crippen molar-refractivity contribution in [2.24, 2.45) is 0 Å². The largest absolute Gasteiger partial charge is 0.372 e. The van der Waals surface area contributed by atoms with E-state index in [1.807, 2.05) is 13.0 Å². The van der Waals surface area contributed by atoms with Gasteiger partial charge in [-0.3, -0.25) is 0 Å². The minimum Gasteiger partial charge on any atom is -0.372 e. The van der Waals surface area contributed by atoms with Crippen molar-refractivity contribution in [3.05, 3.63) is 35.4 Å². The van der Waals surface area contributed by atoms with Gasteiger partial charge in [-0.2, -0.15) is 0 Å². The Morgan fingerprint density at radius 1 is 1.40 bits per heavy atom. The predicted molar refractivity (Wildman–Crippen MR) is 54.7 cm³/mol. The molecule has 0 radical (unpaired) electrons. The average Bonchev–Trinajstić information content (AvgIpc) is 2.15. The van der Waals surface area contributed by atoms with Gasteiger partial charge in [-0.05, 0) is 31.5 Å². The van der Waals surface area contributed by atoms with Gasteiger partial charge in [-0.25, -0.2) is 8.78 Å². The van der Waals surface area contributed by atoms with E-state index in [0.29, 0.717) is 5.56 Å². The molecule has 1 nitrogen and oxygen atoms in total. The Balaban J connectivity index is 2.91. The quantitative estimate of drug-likeness (QED) is 0.705. The Morgan fingerprint density at radius 2 is 2.07 bits per heavy atom. The van der Waals surface area contributed by atoms with Crippen LogP contribution in [0.15, 0.2) is 24.3 Å². The van der Waals surface area contributed by atoms with Crippen LogP contribution in [-0.4, -0.2) is 17.1 Å². The molecule has 1 aromatic rings. The SMILES string of the molecule is Cc1cccc(C#CC(C)(O)C(F)F)c1. The van der Waals surface area contributed by atoms with Crippen LogP contribution in [0.2, 0.25) is 0 Å². The normalized spacial score (nSPS) is 14.3. The van der Waals surface area contributed by atoms with Crippen LogP contribution in [0.5, 0.6) is 0 Å². The van der Waals surface area contributed by atoms with Crippen LogP contribution < -0.4 is 0 Å². The molecule has 0 heterocycles. The smallest absolute Gasteiger partial charge is 0.277 e. The van der Waals surface area contributed by atoms with Gasteiger partial charge in [-0.15, -0.1) is 0 Å². The fourth-order valence-electron chi connectivity index (χ4n) is 0.976. The second-order valence-corrected chi connectivity index (χ2v) is 3.57. The average molecular weight is 210 g/mol. The first-order valence-electron chi connectivity index (χ1n) is 4.52. The lowest BCUT2D eigenvalue weighted by atomic mass is 10.1. The highest BCUT2D eigenvalue weighted by molar-refractivity contribution is 5.38. The van der Waals surface area contributed by atoms with E-state index in [0.717, 1.165) is 12.5 Å². The zero-order chi connectivity index (χ0) is 11.5. The van der Waals surface area contributed by atoms with Gasteiger partial charge in [0.05, 0.1) is 0 Å². The second-order valence-electron chi connectivity index (χ2n) is 3.57. The Bertz CT molecular complexity index is 400. The summed E-state index contributed by atoms with van der Waals surface area (Å²) >= 11 is 0. The summed E-state index contributed by atoms with van der Waals surface area (Å²) in [6, 6.07) is 7.16. The standard InChI is InChI=1S/C12H12F2O/c1-9-4-3-5-10(8-9)6-7-12(2,15)11(13)14/h3-5,8,11,15H,1-2H3. The zero-order valence-corrected chi connectivity index (χ0v) is 8.59. The molecule has 0 aliphatic carbocycles. The Hall–Kier alpha value is -1.40. The lowest BCUT2D eigenvalue weighted by molar-refractivity contribution is -0.0418. The summed E-state index contributed by atoms with van der Waals surface area (Å²) < 4.78 is 24.5. The maximum Gasteiger partial charge on any atom is 0.277 e. The molecule has 15 heavy (non-hydrogen) atoms. The van der Waals surface area contributed by atoms with Crippen LogP contribution in [0.25, 0.3) is 0 Å². The summed E-state index contributed by atoms with van der Waals surface area (Å²) in [4.78, 5) is 0. The molecule has 1 unspecified atom stereocenters. The van der Waals surface area contributed by atoms with Gasteiger partial charge in [0.25, 0.3) is 6.43 Å². The van der Waals surface area contributed by atoms with E-state index >= 15 is 0 Å². The van der Waals surface area contributed by atoms with E-state index in [9.17, 15) is 13.9 Å². The topological polar surface area (TPSA) is 20.2 Å². The Morgan fingerprint density at radius 3 is 2.60 bits per heavy atom. The minimum atomic E-state index is -2.87. The van der Waals surface area contributed by atoms with E-state index < -0.39 is 12.0 Å². The zero-order valence-electron chi connectivity index (χ0n) is 8.59. The summed E-state index contributed by atoms with van der Waals surface area (Å²) in [5.41, 5.74) is -0.626. The lowest BCUT2D eigenvalue weighted by Gasteiger charge is -2.13. The van der Waals surface area contributed by atoms with E-state index in [4.69, 9.17) is 0 Å². The maximum atomic E-state index is 12.2. The van der Waals surface area contributed by atoms with Crippen molar-refractivity contribution < 1.29 is 13.9 Å². The predicted octanol–water partition coefficient (Wildman–Crippen LogP) is 2.36. The van der Waals surface area contributed by atoms with Gasteiger partial charge in [0.1, 0.15) is 0 Å². The molecular formula is C12H12F2O. The first kappa shape index (κ1) is 11.7. The molecule has 0 bridgehead atoms. The van der Waals surface area contributed by atoms with Gasteiger partial charge >= 0.3 is 0 Å². The summed E-state index contributed by atoms with van der Waals surface area (Å²) in [6.07, 6.45) is -2.87. The first-order chi connectivity index (χ1) is 6.92. The maximum absolute atomic E-state index is 12.2. The summed E-state index contributed by atoms with van der Waals surface area (Å²) in [7, 11) is 0. The fourth-order valence-corrected chi connectivity index (χ4v) is 0.976. The third kappa shape index (κ3) is 3.34. The van der Waals surface area contributed by atoms with E-state index in [1.165, 1.54) is 0 Å². The molecule has 0 fully saturated rings. The second kappa shape index (κ2) is 4.41. The van der Waals surface area contributed by atoms with Gasteiger partial charge in [0.15, 0.2) is 5.60 Å². The highest BCUT2D eigenvalue weighted by Gasteiger charge is 2.29. The van der Waals surface area contributed by atoms with Crippen LogP contribution in [0, 0.1) is 18.8 Å². The molecule has 0 saturated heterocycles. The Kier molecular flexibility index (Phi) is 3.43. The van der Waals surface area contributed by atoms with Crippen molar-refractivity contribution in [3.63, 3.8) is 0 Å². The monoisotopic (exact) mass is 210 g/mol. The van der Waals surface area contributed by atoms with Gasteiger partial charge in [-0.1, -0.05) is 24.0 Å². The molecule has 1 aromatic carbocycles.